The Bertz CT molecular complexity index is 412. The van der Waals surface area contributed by atoms with Crippen LogP contribution in [0.25, 0.3) is 0 Å². The lowest BCUT2D eigenvalue weighted by Crippen LogP contribution is -1.87. The lowest BCUT2D eigenvalue weighted by Gasteiger charge is -2.03. The summed E-state index contributed by atoms with van der Waals surface area (Å²) in [5.74, 6) is 1.29. The summed E-state index contributed by atoms with van der Waals surface area (Å²) in [7, 11) is 0. The number of para-hydroxylation sites is 1. The molecule has 2 heteroatoms. The van der Waals surface area contributed by atoms with E-state index in [9.17, 15) is 0 Å². The van der Waals surface area contributed by atoms with Crippen LogP contribution in [0.1, 0.15) is 5.56 Å². The number of hydrogen-bond acceptors (Lipinski definition) is 2. The van der Waals surface area contributed by atoms with Gasteiger partial charge in [0.25, 0.3) is 0 Å². The minimum Gasteiger partial charge on any atom is -0.438 e. The highest BCUT2D eigenvalue weighted by Crippen LogP contribution is 2.18. The monoisotopic (exact) mass is 184 g/mol. The highest BCUT2D eigenvalue weighted by atomic mass is 16.5. The van der Waals surface area contributed by atoms with Crippen molar-refractivity contribution >= 4 is 0 Å². The van der Waals surface area contributed by atoms with Crippen molar-refractivity contribution in [3.63, 3.8) is 0 Å². The maximum atomic E-state index is 5.49. The van der Waals surface area contributed by atoms with Crippen molar-refractivity contribution in [2.24, 2.45) is 0 Å². The predicted molar refractivity (Wildman–Crippen MR) is 54.3 cm³/mol. The first-order chi connectivity index (χ1) is 6.84. The van der Waals surface area contributed by atoms with Crippen LogP contribution in [0.15, 0.2) is 42.6 Å². The van der Waals surface area contributed by atoms with Crippen molar-refractivity contribution in [2.75, 3.05) is 0 Å². The van der Waals surface area contributed by atoms with Crippen LogP contribution in [0.3, 0.4) is 0 Å². The number of nitrogens with zero attached hydrogens (tertiary/aromatic N) is 1. The first-order valence-corrected chi connectivity index (χ1v) is 4.42. The maximum Gasteiger partial charge on any atom is 0.227 e. The van der Waals surface area contributed by atoms with Crippen LogP contribution in [-0.2, 0) is 0 Å². The zero-order chi connectivity index (χ0) is 9.80. The smallest absolute Gasteiger partial charge is 0.227 e. The topological polar surface area (TPSA) is 22.1 Å². The molecule has 1 aromatic carbocycles. The minimum atomic E-state index is 0.510. The van der Waals surface area contributed by atoms with Crippen LogP contribution in [-0.4, -0.2) is 4.98 Å². The van der Waals surface area contributed by atoms with E-state index < -0.39 is 0 Å². The van der Waals surface area contributed by atoms with E-state index in [0.29, 0.717) is 5.88 Å². The van der Waals surface area contributed by atoms with Gasteiger partial charge in [-0.2, -0.15) is 0 Å². The zero-order valence-electron chi connectivity index (χ0n) is 7.90. The fourth-order valence-electron chi connectivity index (χ4n) is 1.11. The summed E-state index contributed by atoms with van der Waals surface area (Å²) in [6.07, 6.45) is 1.71. The lowest BCUT2D eigenvalue weighted by atomic mass is 10.3. The van der Waals surface area contributed by atoms with E-state index in [1.807, 2.05) is 43.3 Å². The number of aromatic nitrogens is 1. The van der Waals surface area contributed by atoms with Gasteiger partial charge in [0.2, 0.25) is 5.88 Å². The minimum absolute atomic E-state index is 0.510. The first-order valence-electron chi connectivity index (χ1n) is 4.42. The highest BCUT2D eigenvalue weighted by molar-refractivity contribution is 5.27. The number of benzene rings is 1. The molecule has 0 unspecified atom stereocenters. The summed E-state index contributed by atoms with van der Waals surface area (Å²) in [6, 6.07) is 14.5. The highest BCUT2D eigenvalue weighted by Gasteiger charge is 1.97. The van der Waals surface area contributed by atoms with Crippen LogP contribution in [0.2, 0.25) is 0 Å². The van der Waals surface area contributed by atoms with E-state index in [2.05, 4.69) is 11.1 Å². The van der Waals surface area contributed by atoms with Gasteiger partial charge in [-0.05, 0) is 30.7 Å². The predicted octanol–water partition coefficient (Wildman–Crippen LogP) is 2.98. The third kappa shape index (κ3) is 2.10. The van der Waals surface area contributed by atoms with Gasteiger partial charge in [-0.15, -0.1) is 0 Å². The Morgan fingerprint density at radius 2 is 1.93 bits per heavy atom. The quantitative estimate of drug-likeness (QED) is 0.715. The van der Waals surface area contributed by atoms with Gasteiger partial charge in [0.15, 0.2) is 0 Å². The molecule has 0 bridgehead atoms. The van der Waals surface area contributed by atoms with Crippen molar-refractivity contribution in [1.29, 1.82) is 0 Å². The molecule has 0 fully saturated rings. The summed E-state index contributed by atoms with van der Waals surface area (Å²) >= 11 is 0. The lowest BCUT2D eigenvalue weighted by molar-refractivity contribution is 0.461. The Hall–Kier alpha value is -1.83. The molecule has 0 aliphatic carbocycles. The van der Waals surface area contributed by atoms with Crippen LogP contribution in [0.4, 0.5) is 0 Å². The Kier molecular flexibility index (Phi) is 2.45. The molecule has 0 saturated carbocycles. The summed E-state index contributed by atoms with van der Waals surface area (Å²) in [5, 5.41) is 0. The summed E-state index contributed by atoms with van der Waals surface area (Å²) < 4.78 is 5.49. The molecule has 0 saturated heterocycles. The van der Waals surface area contributed by atoms with E-state index >= 15 is 0 Å². The van der Waals surface area contributed by atoms with Gasteiger partial charge < -0.3 is 4.74 Å². The molecule has 0 aliphatic rings. The largest absolute Gasteiger partial charge is 0.438 e. The molecule has 0 atom stereocenters. The van der Waals surface area contributed by atoms with Crippen LogP contribution >= 0.6 is 0 Å². The van der Waals surface area contributed by atoms with E-state index in [-0.39, 0.29) is 0 Å². The van der Waals surface area contributed by atoms with Gasteiger partial charge in [-0.1, -0.05) is 18.2 Å². The molecule has 0 spiro atoms. The van der Waals surface area contributed by atoms with E-state index in [0.717, 1.165) is 11.3 Å². The summed E-state index contributed by atoms with van der Waals surface area (Å²) in [5.41, 5.74) is 1.02. The SMILES string of the molecule is Cc1[c]c(Oc2ccccc2)ncc1. The number of ether oxygens (including phenoxy) is 1. The summed E-state index contributed by atoms with van der Waals surface area (Å²) in [6.45, 7) is 1.96. The second-order valence-electron chi connectivity index (χ2n) is 2.97. The maximum absolute atomic E-state index is 5.49. The molecule has 0 amide bonds. The van der Waals surface area contributed by atoms with Crippen molar-refractivity contribution in [3.8, 4) is 11.6 Å². The number of rotatable bonds is 2. The molecule has 2 nitrogen and oxygen atoms in total. The summed E-state index contributed by atoms with van der Waals surface area (Å²) in [4.78, 5) is 4.06. The number of pyridine rings is 1. The Morgan fingerprint density at radius 1 is 1.14 bits per heavy atom. The molecule has 0 N–H and O–H groups in total. The van der Waals surface area contributed by atoms with Crippen LogP contribution in [0, 0.1) is 13.0 Å². The molecule has 2 aromatic rings. The van der Waals surface area contributed by atoms with Crippen LogP contribution in [0.5, 0.6) is 11.6 Å². The zero-order valence-corrected chi connectivity index (χ0v) is 7.90. The normalized spacial score (nSPS) is 9.79. The third-order valence-corrected chi connectivity index (χ3v) is 1.78. The van der Waals surface area contributed by atoms with Crippen molar-refractivity contribution in [2.45, 2.75) is 6.92 Å². The van der Waals surface area contributed by atoms with Crippen molar-refractivity contribution in [1.82, 2.24) is 4.98 Å². The van der Waals surface area contributed by atoms with Crippen molar-refractivity contribution < 1.29 is 4.74 Å². The Balaban J connectivity index is 2.19. The molecule has 69 valence electrons. The number of hydrogen-bond donors (Lipinski definition) is 0. The average Bonchev–Trinajstić information content (AvgIpc) is 2.19. The second kappa shape index (κ2) is 3.92. The van der Waals surface area contributed by atoms with E-state index in [4.69, 9.17) is 4.74 Å². The number of aryl methyl sites for hydroxylation is 1. The Morgan fingerprint density at radius 3 is 2.64 bits per heavy atom. The van der Waals surface area contributed by atoms with Gasteiger partial charge in [0.1, 0.15) is 5.75 Å². The van der Waals surface area contributed by atoms with Crippen molar-refractivity contribution in [3.05, 3.63) is 54.2 Å². The van der Waals surface area contributed by atoms with Gasteiger partial charge in [0.05, 0.1) is 6.07 Å². The molecule has 0 aliphatic heterocycles. The van der Waals surface area contributed by atoms with Gasteiger partial charge in [-0.3, -0.25) is 0 Å². The standard InChI is InChI=1S/C12H10NO/c1-10-7-8-13-12(9-10)14-11-5-3-2-4-6-11/h2-8H,1H3. The fourth-order valence-corrected chi connectivity index (χ4v) is 1.11. The van der Waals surface area contributed by atoms with Gasteiger partial charge in [-0.25, -0.2) is 4.98 Å². The fraction of sp³-hybridized carbons (Fsp3) is 0.0833. The molecular formula is C12H10NO. The molecule has 1 radical (unpaired) electrons. The van der Waals surface area contributed by atoms with Gasteiger partial charge in [0, 0.05) is 6.20 Å². The molecule has 1 aromatic heterocycles. The average molecular weight is 184 g/mol. The Labute approximate surface area is 83.2 Å². The molecule has 14 heavy (non-hydrogen) atoms. The van der Waals surface area contributed by atoms with Crippen LogP contribution < -0.4 is 4.74 Å². The second-order valence-corrected chi connectivity index (χ2v) is 2.97. The molecule has 2 rings (SSSR count). The van der Waals surface area contributed by atoms with Gasteiger partial charge >= 0.3 is 0 Å². The van der Waals surface area contributed by atoms with E-state index in [1.165, 1.54) is 0 Å². The molecular weight excluding hydrogens is 174 g/mol. The van der Waals surface area contributed by atoms with E-state index in [1.54, 1.807) is 6.20 Å². The molecule has 1 heterocycles. The third-order valence-electron chi connectivity index (χ3n) is 1.78. The first kappa shape index (κ1) is 8.75.